The molecule has 0 spiro atoms. The number of hydrogen-bond acceptors (Lipinski definition) is 16. The first-order valence-electron chi connectivity index (χ1n) is 31.0. The molecule has 4 aromatic rings. The van der Waals surface area contributed by atoms with Crippen LogP contribution in [0.2, 0.25) is 5.02 Å². The van der Waals surface area contributed by atoms with Gasteiger partial charge in [0.25, 0.3) is 0 Å². The molecular formula is C63H85ClN12O12S. The van der Waals surface area contributed by atoms with Gasteiger partial charge in [0.2, 0.25) is 41.4 Å². The highest BCUT2D eigenvalue weighted by Gasteiger charge is 2.50. The molecule has 2 aromatic heterocycles. The summed E-state index contributed by atoms with van der Waals surface area (Å²) in [4.78, 5) is 119. The van der Waals surface area contributed by atoms with E-state index >= 15 is 0 Å². The van der Waals surface area contributed by atoms with E-state index in [-0.39, 0.29) is 88.3 Å². The smallest absolute Gasteiger partial charge is 0.408 e. The summed E-state index contributed by atoms with van der Waals surface area (Å²) in [5.41, 5.74) is 10.7. The minimum Gasteiger partial charge on any atom is -0.490 e. The highest BCUT2D eigenvalue weighted by molar-refractivity contribution is 7.13. The molecule has 9 rings (SSSR count). The van der Waals surface area contributed by atoms with Gasteiger partial charge in [-0.2, -0.15) is 0 Å². The molecule has 482 valence electrons. The summed E-state index contributed by atoms with van der Waals surface area (Å²) in [6, 6.07) is 7.24. The van der Waals surface area contributed by atoms with Crippen LogP contribution in [0.5, 0.6) is 5.75 Å². The summed E-state index contributed by atoms with van der Waals surface area (Å²) in [5, 5.41) is 32.2. The lowest BCUT2D eigenvalue weighted by Gasteiger charge is -2.38. The zero-order chi connectivity index (χ0) is 63.9. The second-order valence-corrected chi connectivity index (χ2v) is 27.2. The van der Waals surface area contributed by atoms with Gasteiger partial charge in [-0.1, -0.05) is 73.5 Å². The number of aliphatic hydroxyl groups excluding tert-OH is 1. The van der Waals surface area contributed by atoms with Crippen molar-refractivity contribution in [2.24, 2.45) is 11.1 Å². The van der Waals surface area contributed by atoms with Crippen molar-refractivity contribution in [1.82, 2.24) is 55.9 Å². The SMILES string of the molecule is CC(=O)N1CC[C@H]2CC[C@@H](C(=O)N[C@@H](CCC(N)=O)COc3cccc(CCCCCNC(=O)C[C@H](NC(=O)[C@@H]4C[C@@H](O)CN4C(=O)[C@H]4n5nnc(C6CC6)c5COCC4(C)C)c4ccc(-c5scnc5C)cc4)c3Cl)N2C(=O)[C@@H](NC(=O)OC(C)(C)C)C1. The number of carbonyl (C=O) groups is 8. The third-order valence-electron chi connectivity index (χ3n) is 17.3. The van der Waals surface area contributed by atoms with Crippen LogP contribution >= 0.6 is 22.9 Å². The summed E-state index contributed by atoms with van der Waals surface area (Å²) in [7, 11) is 0. The molecule has 4 aliphatic heterocycles. The highest BCUT2D eigenvalue weighted by atomic mass is 35.5. The summed E-state index contributed by atoms with van der Waals surface area (Å²) < 4.78 is 19.4. The Morgan fingerprint density at radius 3 is 2.40 bits per heavy atom. The second-order valence-electron chi connectivity index (χ2n) is 25.9. The number of aryl methyl sites for hydroxylation is 2. The van der Waals surface area contributed by atoms with Gasteiger partial charge in [-0.3, -0.25) is 33.6 Å². The van der Waals surface area contributed by atoms with Gasteiger partial charge in [0.1, 0.15) is 42.1 Å². The molecule has 26 heteroatoms. The number of nitrogens with one attached hydrogen (secondary N) is 4. The van der Waals surface area contributed by atoms with Gasteiger partial charge in [-0.05, 0) is 108 Å². The first kappa shape index (κ1) is 66.2. The van der Waals surface area contributed by atoms with Crippen LogP contribution in [0.25, 0.3) is 10.4 Å². The molecule has 1 saturated carbocycles. The molecule has 7 N–H and O–H groups in total. The van der Waals surface area contributed by atoms with Gasteiger partial charge < -0.3 is 61.0 Å². The molecule has 5 aliphatic rings. The number of hydrogen-bond donors (Lipinski definition) is 6. The maximum Gasteiger partial charge on any atom is 0.408 e. The lowest BCUT2D eigenvalue weighted by atomic mass is 9.84. The molecular weight excluding hydrogens is 1180 g/mol. The molecule has 0 bridgehead atoms. The van der Waals surface area contributed by atoms with Crippen molar-refractivity contribution in [2.45, 2.75) is 198 Å². The number of benzene rings is 2. The summed E-state index contributed by atoms with van der Waals surface area (Å²) in [5.74, 6) is -2.30. The highest BCUT2D eigenvalue weighted by Crippen LogP contribution is 2.45. The average molecular weight is 1270 g/mol. The van der Waals surface area contributed by atoms with Crippen molar-refractivity contribution in [3.05, 3.63) is 81.2 Å². The van der Waals surface area contributed by atoms with Crippen molar-refractivity contribution in [2.75, 3.05) is 39.4 Å². The number of nitrogens with two attached hydrogens (primary N) is 1. The Morgan fingerprint density at radius 2 is 1.71 bits per heavy atom. The Hall–Kier alpha value is -7.22. The number of nitrogens with zero attached hydrogens (tertiary/aromatic N) is 7. The second kappa shape index (κ2) is 28.7. The molecule has 3 saturated heterocycles. The maximum absolute atomic E-state index is 14.8. The number of aromatic nitrogens is 4. The quantitative estimate of drug-likeness (QED) is 0.0485. The number of rotatable bonds is 23. The van der Waals surface area contributed by atoms with Gasteiger partial charge in [0.05, 0.1) is 76.9 Å². The van der Waals surface area contributed by atoms with E-state index < -0.39 is 83.1 Å². The summed E-state index contributed by atoms with van der Waals surface area (Å²) in [6.07, 6.45) is 4.13. The lowest BCUT2D eigenvalue weighted by Crippen LogP contribution is -2.61. The maximum atomic E-state index is 14.8. The van der Waals surface area contributed by atoms with E-state index in [1.54, 1.807) is 37.0 Å². The first-order chi connectivity index (χ1) is 42.3. The van der Waals surface area contributed by atoms with Crippen LogP contribution in [-0.2, 0) is 56.1 Å². The molecule has 6 heterocycles. The van der Waals surface area contributed by atoms with Gasteiger partial charge in [0, 0.05) is 56.8 Å². The number of unbranched alkanes of at least 4 members (excludes halogenated alkanes) is 2. The first-order valence-corrected chi connectivity index (χ1v) is 32.2. The normalized spacial score (nSPS) is 22.3. The number of β-amino-alcohol motifs (C(OH)–C–C–N with tert-alkyl or cyclic N) is 1. The Balaban J connectivity index is 0.791. The molecule has 8 atom stereocenters. The van der Waals surface area contributed by atoms with E-state index in [1.807, 2.05) is 57.2 Å². The Kier molecular flexibility index (Phi) is 21.4. The minimum absolute atomic E-state index is 0.0142. The molecule has 2 aromatic carbocycles. The number of amides is 8. The Morgan fingerprint density at radius 1 is 0.955 bits per heavy atom. The number of halogens is 1. The van der Waals surface area contributed by atoms with Crippen LogP contribution in [0, 0.1) is 12.3 Å². The largest absolute Gasteiger partial charge is 0.490 e. The Labute approximate surface area is 528 Å². The zero-order valence-corrected chi connectivity index (χ0v) is 53.5. The van der Waals surface area contributed by atoms with Crippen molar-refractivity contribution < 1.29 is 57.7 Å². The van der Waals surface area contributed by atoms with Crippen molar-refractivity contribution >= 4 is 70.4 Å². The molecule has 89 heavy (non-hydrogen) atoms. The van der Waals surface area contributed by atoms with E-state index in [2.05, 4.69) is 36.6 Å². The predicted octanol–water partition coefficient (Wildman–Crippen LogP) is 5.71. The van der Waals surface area contributed by atoms with Crippen LogP contribution in [0.3, 0.4) is 0 Å². The number of likely N-dealkylation sites (tertiary alicyclic amines) is 1. The number of carbonyl (C=O) groups excluding carboxylic acids is 8. The molecule has 4 fully saturated rings. The minimum atomic E-state index is -1.17. The molecule has 0 radical (unpaired) electrons. The van der Waals surface area contributed by atoms with Crippen molar-refractivity contribution in [3.63, 3.8) is 0 Å². The van der Waals surface area contributed by atoms with E-state index in [9.17, 15) is 43.5 Å². The van der Waals surface area contributed by atoms with Gasteiger partial charge >= 0.3 is 6.09 Å². The number of thiazole rings is 1. The van der Waals surface area contributed by atoms with Crippen molar-refractivity contribution in [3.8, 4) is 16.2 Å². The summed E-state index contributed by atoms with van der Waals surface area (Å²) >= 11 is 8.47. The lowest BCUT2D eigenvalue weighted by molar-refractivity contribution is -0.145. The van der Waals surface area contributed by atoms with Crippen LogP contribution in [0.15, 0.2) is 48.0 Å². The van der Waals surface area contributed by atoms with Gasteiger partial charge in [-0.25, -0.2) is 14.5 Å². The fourth-order valence-corrected chi connectivity index (χ4v) is 13.6. The topological polar surface area (TPSA) is 312 Å². The molecule has 24 nitrogen and oxygen atoms in total. The zero-order valence-electron chi connectivity index (χ0n) is 51.9. The van der Waals surface area contributed by atoms with E-state index in [1.165, 1.54) is 33.0 Å². The third kappa shape index (κ3) is 16.6. The van der Waals surface area contributed by atoms with Crippen LogP contribution in [-0.4, -0.2) is 169 Å². The standard InChI is InChI=1S/C63H85ClN12O12S/c1-36-55(89-35-67-36)41-19-15-38(16-20-41)45(69-58(82)48-28-44(78)30-74(48)60(84)56-63(6,7)34-86-33-49-54(40-17-18-40)71-72-76(49)56)29-52(80)66-26-10-8-9-12-39-13-11-14-50(53(39)64)87-32-42(21-24-51(65)79)68-57(81)47-23-22-43-25-27-73(37(2)77)31-46(59(83)75(43)47)70-61(85)88-62(3,4)5/h11,13-16,19-20,35,40,42-48,56,78H,8-10,12,17-18,21-34H2,1-7H3,(H2,65,79)(H,66,80)(H,68,81)(H,69,82)(H,70,85)/t42-,43+,44+,45-,46-,47-,48-,56+/m0/s1. The van der Waals surface area contributed by atoms with Crippen molar-refractivity contribution in [1.29, 1.82) is 0 Å². The number of fused-ring (bicyclic) bond motifs is 2. The number of alkyl carbamates (subject to hydrolysis) is 1. The number of ether oxygens (including phenoxy) is 3. The average Bonchev–Trinajstić information content (AvgIpc) is 1.70. The summed E-state index contributed by atoms with van der Waals surface area (Å²) in [6.45, 7) is 13.3. The van der Waals surface area contributed by atoms with Gasteiger partial charge in [-0.15, -0.1) is 16.4 Å². The fourth-order valence-electron chi connectivity index (χ4n) is 12.5. The van der Waals surface area contributed by atoms with Gasteiger partial charge in [0.15, 0.2) is 0 Å². The monoisotopic (exact) mass is 1270 g/mol. The predicted molar refractivity (Wildman–Crippen MR) is 330 cm³/mol. The molecule has 1 aliphatic carbocycles. The van der Waals surface area contributed by atoms with Crippen LogP contribution < -0.4 is 31.7 Å². The number of primary amides is 1. The van der Waals surface area contributed by atoms with E-state index in [0.717, 1.165) is 52.3 Å². The fraction of sp³-hybridized carbons (Fsp3) is 0.603. The van der Waals surface area contributed by atoms with Crippen LogP contribution in [0.1, 0.15) is 165 Å². The molecule has 8 amide bonds. The van der Waals surface area contributed by atoms with Crippen LogP contribution in [0.4, 0.5) is 4.79 Å². The molecule has 0 unspecified atom stereocenters. The number of aliphatic hydroxyl groups is 1. The third-order valence-corrected chi connectivity index (χ3v) is 18.7. The van der Waals surface area contributed by atoms with E-state index in [0.29, 0.717) is 68.0 Å². The Bertz CT molecular complexity index is 3240. The van der Waals surface area contributed by atoms with E-state index in [4.69, 9.17) is 31.5 Å².